The van der Waals surface area contributed by atoms with Crippen LogP contribution >= 0.6 is 0 Å². The van der Waals surface area contributed by atoms with Crippen molar-refractivity contribution in [2.24, 2.45) is 5.92 Å². The molecule has 1 heterocycles. The van der Waals surface area contributed by atoms with Crippen LogP contribution in [-0.4, -0.2) is 24.8 Å². The maximum absolute atomic E-state index is 5.53. The minimum absolute atomic E-state index is 0.479. The fourth-order valence-electron chi connectivity index (χ4n) is 2.03. The highest BCUT2D eigenvalue weighted by atomic mass is 16.5. The van der Waals surface area contributed by atoms with Gasteiger partial charge >= 0.3 is 0 Å². The van der Waals surface area contributed by atoms with Gasteiger partial charge < -0.3 is 10.1 Å². The molecule has 1 aliphatic heterocycles. The summed E-state index contributed by atoms with van der Waals surface area (Å²) in [5.74, 6) is 0.848. The zero-order chi connectivity index (χ0) is 9.31. The second-order valence-electron chi connectivity index (χ2n) is 5.01. The number of hydrogen-bond donors (Lipinski definition) is 1. The second-order valence-corrected chi connectivity index (χ2v) is 5.01. The van der Waals surface area contributed by atoms with Gasteiger partial charge in [0, 0.05) is 12.1 Å². The van der Waals surface area contributed by atoms with Crippen molar-refractivity contribution in [2.45, 2.75) is 51.2 Å². The molecule has 2 rings (SSSR count). The van der Waals surface area contributed by atoms with Crippen LogP contribution in [0.3, 0.4) is 0 Å². The van der Waals surface area contributed by atoms with Gasteiger partial charge in [0.1, 0.15) is 0 Å². The number of rotatable bonds is 3. The minimum atomic E-state index is 0.479. The van der Waals surface area contributed by atoms with Crippen molar-refractivity contribution in [1.82, 2.24) is 5.32 Å². The fourth-order valence-corrected chi connectivity index (χ4v) is 2.03. The Balaban J connectivity index is 1.68. The quantitative estimate of drug-likeness (QED) is 0.722. The lowest BCUT2D eigenvalue weighted by Crippen LogP contribution is -2.36. The number of nitrogens with one attached hydrogen (secondary N) is 1. The summed E-state index contributed by atoms with van der Waals surface area (Å²) in [5.41, 5.74) is 0.502. The molecule has 0 amide bonds. The zero-order valence-electron chi connectivity index (χ0n) is 8.81. The third-order valence-electron chi connectivity index (χ3n) is 3.41. The molecule has 0 aromatic carbocycles. The molecule has 1 saturated heterocycles. The smallest absolute Gasteiger partial charge is 0.0550 e. The van der Waals surface area contributed by atoms with E-state index in [1.54, 1.807) is 0 Å². The molecule has 1 aliphatic carbocycles. The molecule has 1 N–H and O–H groups in total. The van der Waals surface area contributed by atoms with E-state index in [9.17, 15) is 0 Å². The Labute approximate surface area is 81.0 Å². The molecule has 0 bridgehead atoms. The second kappa shape index (κ2) is 3.58. The summed E-state index contributed by atoms with van der Waals surface area (Å²) in [6.07, 6.45) is 5.70. The van der Waals surface area contributed by atoms with E-state index < -0.39 is 0 Å². The lowest BCUT2D eigenvalue weighted by molar-refractivity contribution is 0.00232. The molecule has 13 heavy (non-hydrogen) atoms. The van der Waals surface area contributed by atoms with Crippen LogP contribution < -0.4 is 5.32 Å². The van der Waals surface area contributed by atoms with E-state index in [2.05, 4.69) is 19.2 Å². The SMILES string of the molecule is CC1CC(CNC2(C)CC2)CCO1. The molecule has 2 heteroatoms. The van der Waals surface area contributed by atoms with E-state index in [0.717, 1.165) is 12.5 Å². The van der Waals surface area contributed by atoms with Gasteiger partial charge in [0.15, 0.2) is 0 Å². The van der Waals surface area contributed by atoms with Crippen molar-refractivity contribution >= 4 is 0 Å². The molecule has 2 atom stereocenters. The Morgan fingerprint density at radius 1 is 1.46 bits per heavy atom. The van der Waals surface area contributed by atoms with Crippen molar-refractivity contribution in [3.63, 3.8) is 0 Å². The van der Waals surface area contributed by atoms with E-state index in [-0.39, 0.29) is 0 Å². The number of hydrogen-bond acceptors (Lipinski definition) is 2. The summed E-state index contributed by atoms with van der Waals surface area (Å²) in [5, 5.41) is 3.67. The van der Waals surface area contributed by atoms with E-state index in [1.807, 2.05) is 0 Å². The van der Waals surface area contributed by atoms with Crippen LogP contribution in [-0.2, 0) is 4.74 Å². The van der Waals surface area contributed by atoms with Crippen molar-refractivity contribution in [2.75, 3.05) is 13.2 Å². The molecule has 0 spiro atoms. The van der Waals surface area contributed by atoms with Crippen molar-refractivity contribution < 1.29 is 4.74 Å². The molecular weight excluding hydrogens is 162 g/mol. The van der Waals surface area contributed by atoms with Crippen LogP contribution in [0, 0.1) is 5.92 Å². The van der Waals surface area contributed by atoms with E-state index in [0.29, 0.717) is 11.6 Å². The van der Waals surface area contributed by atoms with Gasteiger partial charge in [-0.25, -0.2) is 0 Å². The van der Waals surface area contributed by atoms with Gasteiger partial charge in [0.2, 0.25) is 0 Å². The highest BCUT2D eigenvalue weighted by Crippen LogP contribution is 2.34. The molecular formula is C11H21NO. The molecule has 0 radical (unpaired) electrons. The van der Waals surface area contributed by atoms with Crippen LogP contribution in [0.1, 0.15) is 39.5 Å². The van der Waals surface area contributed by atoms with E-state index in [4.69, 9.17) is 4.74 Å². The van der Waals surface area contributed by atoms with Gasteiger partial charge in [0.05, 0.1) is 6.10 Å². The van der Waals surface area contributed by atoms with E-state index >= 15 is 0 Å². The predicted octanol–water partition coefficient (Wildman–Crippen LogP) is 1.94. The van der Waals surface area contributed by atoms with Crippen LogP contribution in [0.4, 0.5) is 0 Å². The third-order valence-corrected chi connectivity index (χ3v) is 3.41. The Kier molecular flexibility index (Phi) is 2.61. The van der Waals surface area contributed by atoms with Crippen LogP contribution in [0.25, 0.3) is 0 Å². The van der Waals surface area contributed by atoms with Gasteiger partial charge in [0.25, 0.3) is 0 Å². The molecule has 0 aromatic rings. The average Bonchev–Trinajstić information content (AvgIpc) is 2.82. The molecule has 76 valence electrons. The molecule has 2 nitrogen and oxygen atoms in total. The predicted molar refractivity (Wildman–Crippen MR) is 53.8 cm³/mol. The summed E-state index contributed by atoms with van der Waals surface area (Å²) < 4.78 is 5.53. The molecule has 2 unspecified atom stereocenters. The maximum atomic E-state index is 5.53. The first-order valence-electron chi connectivity index (χ1n) is 5.55. The van der Waals surface area contributed by atoms with Crippen molar-refractivity contribution in [3.8, 4) is 0 Å². The zero-order valence-corrected chi connectivity index (χ0v) is 8.81. The first-order chi connectivity index (χ1) is 6.18. The summed E-state index contributed by atoms with van der Waals surface area (Å²) in [6, 6.07) is 0. The highest BCUT2D eigenvalue weighted by Gasteiger charge is 2.37. The molecule has 2 fully saturated rings. The summed E-state index contributed by atoms with van der Waals surface area (Å²) >= 11 is 0. The van der Waals surface area contributed by atoms with Crippen LogP contribution in [0.2, 0.25) is 0 Å². The highest BCUT2D eigenvalue weighted by molar-refractivity contribution is 4.97. The van der Waals surface area contributed by atoms with Gasteiger partial charge in [-0.05, 0) is 52.0 Å². The summed E-state index contributed by atoms with van der Waals surface area (Å²) in [7, 11) is 0. The monoisotopic (exact) mass is 183 g/mol. The largest absolute Gasteiger partial charge is 0.378 e. The van der Waals surface area contributed by atoms with Crippen LogP contribution in [0.5, 0.6) is 0 Å². The molecule has 2 aliphatic rings. The average molecular weight is 183 g/mol. The Hall–Kier alpha value is -0.0800. The normalized spacial score (nSPS) is 37.4. The standard InChI is InChI=1S/C11H21NO/c1-9-7-10(3-6-13-9)8-12-11(2)4-5-11/h9-10,12H,3-8H2,1-2H3. The first-order valence-corrected chi connectivity index (χ1v) is 5.55. The summed E-state index contributed by atoms with van der Waals surface area (Å²) in [6.45, 7) is 6.68. The maximum Gasteiger partial charge on any atom is 0.0550 e. The Morgan fingerprint density at radius 3 is 2.85 bits per heavy atom. The third kappa shape index (κ3) is 2.68. The minimum Gasteiger partial charge on any atom is -0.378 e. The van der Waals surface area contributed by atoms with Crippen molar-refractivity contribution in [1.29, 1.82) is 0 Å². The van der Waals surface area contributed by atoms with E-state index in [1.165, 1.54) is 32.2 Å². The Morgan fingerprint density at radius 2 is 2.23 bits per heavy atom. The summed E-state index contributed by atoms with van der Waals surface area (Å²) in [4.78, 5) is 0. The fraction of sp³-hybridized carbons (Fsp3) is 1.00. The molecule has 0 aromatic heterocycles. The van der Waals surface area contributed by atoms with Gasteiger partial charge in [-0.2, -0.15) is 0 Å². The van der Waals surface area contributed by atoms with Crippen LogP contribution in [0.15, 0.2) is 0 Å². The van der Waals surface area contributed by atoms with Crippen molar-refractivity contribution in [3.05, 3.63) is 0 Å². The topological polar surface area (TPSA) is 21.3 Å². The molecule has 1 saturated carbocycles. The lowest BCUT2D eigenvalue weighted by atomic mass is 9.96. The van der Waals surface area contributed by atoms with Gasteiger partial charge in [-0.1, -0.05) is 0 Å². The van der Waals surface area contributed by atoms with Gasteiger partial charge in [-0.15, -0.1) is 0 Å². The first kappa shape index (κ1) is 9.47. The lowest BCUT2D eigenvalue weighted by Gasteiger charge is -2.28. The van der Waals surface area contributed by atoms with Gasteiger partial charge in [-0.3, -0.25) is 0 Å². The Bertz CT molecular complexity index is 177. The number of ether oxygens (including phenoxy) is 1.